The second-order valence-electron chi connectivity index (χ2n) is 5.50. The van der Waals surface area contributed by atoms with Gasteiger partial charge < -0.3 is 5.73 Å². The van der Waals surface area contributed by atoms with E-state index in [9.17, 15) is 17.2 Å². The molecule has 0 heterocycles. The highest BCUT2D eigenvalue weighted by atomic mass is 32.2. The van der Waals surface area contributed by atoms with Crippen LogP contribution in [0.3, 0.4) is 0 Å². The normalized spacial score (nSPS) is 16.1. The number of sulfonamides is 1. The summed E-state index contributed by atoms with van der Waals surface area (Å²) < 4.78 is 53.3. The highest BCUT2D eigenvalue weighted by Crippen LogP contribution is 2.34. The highest BCUT2D eigenvalue weighted by molar-refractivity contribution is 7.89. The molecule has 1 aliphatic carbocycles. The van der Waals surface area contributed by atoms with Crippen molar-refractivity contribution in [3.8, 4) is 0 Å². The Bertz CT molecular complexity index is 613. The van der Waals surface area contributed by atoms with Gasteiger partial charge >= 0.3 is 0 Å². The van der Waals surface area contributed by atoms with Crippen LogP contribution in [0, 0.1) is 17.6 Å². The van der Waals surface area contributed by atoms with Gasteiger partial charge in [-0.25, -0.2) is 17.2 Å². The van der Waals surface area contributed by atoms with Crippen molar-refractivity contribution in [3.63, 3.8) is 0 Å². The Morgan fingerprint density at radius 2 is 1.90 bits per heavy atom. The van der Waals surface area contributed by atoms with Crippen LogP contribution < -0.4 is 5.73 Å². The zero-order chi connectivity index (χ0) is 15.1. The quantitative estimate of drug-likeness (QED) is 0.849. The third-order valence-corrected chi connectivity index (χ3v) is 5.07. The largest absolute Gasteiger partial charge is 0.396 e. The monoisotopic (exact) mass is 304 g/mol. The van der Waals surface area contributed by atoms with Gasteiger partial charge in [0.15, 0.2) is 0 Å². The first-order chi connectivity index (χ1) is 9.23. The van der Waals surface area contributed by atoms with E-state index >= 15 is 0 Å². The van der Waals surface area contributed by atoms with Crippen molar-refractivity contribution in [1.82, 2.24) is 4.31 Å². The van der Waals surface area contributed by atoms with E-state index < -0.39 is 26.6 Å². The van der Waals surface area contributed by atoms with E-state index in [1.165, 1.54) is 4.31 Å². The van der Waals surface area contributed by atoms with E-state index in [4.69, 9.17) is 5.73 Å². The molecule has 0 aliphatic heterocycles. The summed E-state index contributed by atoms with van der Waals surface area (Å²) in [4.78, 5) is -0.552. The summed E-state index contributed by atoms with van der Waals surface area (Å²) in [6.45, 7) is 4.09. The van der Waals surface area contributed by atoms with Crippen LogP contribution in [0.2, 0.25) is 0 Å². The van der Waals surface area contributed by atoms with Crippen molar-refractivity contribution in [2.24, 2.45) is 5.92 Å². The Morgan fingerprint density at radius 3 is 2.40 bits per heavy atom. The summed E-state index contributed by atoms with van der Waals surface area (Å²) in [5.41, 5.74) is 4.98. The molecule has 0 spiro atoms. The predicted octanol–water partition coefficient (Wildman–Crippen LogP) is 2.36. The van der Waals surface area contributed by atoms with E-state index in [0.29, 0.717) is 12.6 Å². The average molecular weight is 304 g/mol. The zero-order valence-electron chi connectivity index (χ0n) is 11.4. The lowest BCUT2D eigenvalue weighted by Gasteiger charge is -2.24. The molecular formula is C13H18F2N2O2S. The second-order valence-corrected chi connectivity index (χ2v) is 7.36. The first-order valence-corrected chi connectivity index (χ1v) is 7.94. The summed E-state index contributed by atoms with van der Waals surface area (Å²) in [6, 6.07) is 1.28. The Hall–Kier alpha value is -1.21. The first kappa shape index (κ1) is 15.2. The van der Waals surface area contributed by atoms with Gasteiger partial charge in [-0.15, -0.1) is 0 Å². The maximum atomic E-state index is 13.8. The number of nitrogens with zero attached hydrogens (tertiary/aromatic N) is 1. The smallest absolute Gasteiger partial charge is 0.246 e. The maximum absolute atomic E-state index is 13.8. The molecule has 0 atom stereocenters. The third-order valence-electron chi connectivity index (χ3n) is 3.14. The molecule has 1 saturated carbocycles. The molecule has 4 nitrogen and oxygen atoms in total. The van der Waals surface area contributed by atoms with Crippen LogP contribution in [-0.4, -0.2) is 25.3 Å². The van der Waals surface area contributed by atoms with Crippen LogP contribution in [0.4, 0.5) is 14.5 Å². The molecule has 0 bridgehead atoms. The summed E-state index contributed by atoms with van der Waals surface area (Å²) in [7, 11) is -3.99. The maximum Gasteiger partial charge on any atom is 0.246 e. The van der Waals surface area contributed by atoms with Crippen LogP contribution in [-0.2, 0) is 10.0 Å². The third kappa shape index (κ3) is 2.93. The minimum atomic E-state index is -3.99. The van der Waals surface area contributed by atoms with E-state index in [0.717, 1.165) is 18.9 Å². The topological polar surface area (TPSA) is 63.4 Å². The number of halogens is 2. The molecule has 2 rings (SSSR count). The number of benzene rings is 1. The Balaban J connectivity index is 2.45. The fraction of sp³-hybridized carbons (Fsp3) is 0.538. The van der Waals surface area contributed by atoms with Crippen molar-refractivity contribution in [3.05, 3.63) is 23.8 Å². The standard InChI is InChI=1S/C13H18F2N2O2S/c1-8(2)7-17(9-3-4-9)20(18,19)13-6-12(16)10(14)5-11(13)15/h5-6,8-9H,3-4,7,16H2,1-2H3. The molecule has 0 saturated heterocycles. The molecule has 1 aliphatic rings. The minimum Gasteiger partial charge on any atom is -0.396 e. The van der Waals surface area contributed by atoms with Crippen molar-refractivity contribution in [1.29, 1.82) is 0 Å². The van der Waals surface area contributed by atoms with Gasteiger partial charge in [0.2, 0.25) is 10.0 Å². The van der Waals surface area contributed by atoms with Gasteiger partial charge in [-0.1, -0.05) is 13.8 Å². The van der Waals surface area contributed by atoms with Gasteiger partial charge in [-0.3, -0.25) is 0 Å². The molecule has 2 N–H and O–H groups in total. The summed E-state index contributed by atoms with van der Waals surface area (Å²) >= 11 is 0. The lowest BCUT2D eigenvalue weighted by atomic mass is 10.2. The number of rotatable bonds is 5. The molecule has 7 heteroatoms. The van der Waals surface area contributed by atoms with Gasteiger partial charge in [0, 0.05) is 18.7 Å². The number of hydrogen-bond donors (Lipinski definition) is 1. The lowest BCUT2D eigenvalue weighted by Crippen LogP contribution is -2.36. The van der Waals surface area contributed by atoms with E-state index in [-0.39, 0.29) is 17.6 Å². The number of nitrogen functional groups attached to an aromatic ring is 1. The van der Waals surface area contributed by atoms with Crippen LogP contribution in [0.5, 0.6) is 0 Å². The predicted molar refractivity (Wildman–Crippen MR) is 72.5 cm³/mol. The molecular weight excluding hydrogens is 286 g/mol. The fourth-order valence-corrected chi connectivity index (χ4v) is 3.97. The van der Waals surface area contributed by atoms with E-state index in [2.05, 4.69) is 0 Å². The van der Waals surface area contributed by atoms with Crippen LogP contribution in [0.1, 0.15) is 26.7 Å². The van der Waals surface area contributed by atoms with E-state index in [1.807, 2.05) is 13.8 Å². The lowest BCUT2D eigenvalue weighted by molar-refractivity contribution is 0.358. The van der Waals surface area contributed by atoms with Gasteiger partial charge in [0.1, 0.15) is 16.5 Å². The molecule has 1 aromatic rings. The molecule has 112 valence electrons. The number of hydrogen-bond acceptors (Lipinski definition) is 3. The van der Waals surface area contributed by atoms with Gasteiger partial charge in [-0.2, -0.15) is 4.31 Å². The van der Waals surface area contributed by atoms with Crippen molar-refractivity contribution in [2.75, 3.05) is 12.3 Å². The van der Waals surface area contributed by atoms with Crippen LogP contribution >= 0.6 is 0 Å². The van der Waals surface area contributed by atoms with Gasteiger partial charge in [-0.05, 0) is 24.8 Å². The van der Waals surface area contributed by atoms with Gasteiger partial charge in [0.05, 0.1) is 5.69 Å². The van der Waals surface area contributed by atoms with Crippen molar-refractivity contribution in [2.45, 2.75) is 37.6 Å². The molecule has 0 aromatic heterocycles. The SMILES string of the molecule is CC(C)CN(C1CC1)S(=O)(=O)c1cc(N)c(F)cc1F. The Kier molecular flexibility index (Phi) is 4.02. The zero-order valence-corrected chi connectivity index (χ0v) is 12.3. The molecule has 1 aromatic carbocycles. The molecule has 1 fully saturated rings. The molecule has 0 unspecified atom stereocenters. The molecule has 0 amide bonds. The summed E-state index contributed by atoms with van der Waals surface area (Å²) in [5.74, 6) is -1.94. The number of anilines is 1. The Labute approximate surface area is 117 Å². The minimum absolute atomic E-state index is 0.0897. The first-order valence-electron chi connectivity index (χ1n) is 6.50. The van der Waals surface area contributed by atoms with Crippen LogP contribution in [0.15, 0.2) is 17.0 Å². The number of nitrogens with two attached hydrogens (primary N) is 1. The average Bonchev–Trinajstić information content (AvgIpc) is 3.14. The summed E-state index contributed by atoms with van der Waals surface area (Å²) in [6.07, 6.45) is 1.54. The van der Waals surface area contributed by atoms with Crippen molar-refractivity contribution < 1.29 is 17.2 Å². The van der Waals surface area contributed by atoms with Crippen LogP contribution in [0.25, 0.3) is 0 Å². The molecule has 20 heavy (non-hydrogen) atoms. The fourth-order valence-electron chi connectivity index (χ4n) is 2.03. The van der Waals surface area contributed by atoms with E-state index in [1.54, 1.807) is 0 Å². The van der Waals surface area contributed by atoms with Gasteiger partial charge in [0.25, 0.3) is 0 Å². The molecule has 0 radical (unpaired) electrons. The second kappa shape index (κ2) is 5.29. The summed E-state index contributed by atoms with van der Waals surface area (Å²) in [5, 5.41) is 0. The highest BCUT2D eigenvalue weighted by Gasteiger charge is 2.39. The Morgan fingerprint density at radius 1 is 1.30 bits per heavy atom. The van der Waals surface area contributed by atoms with Crippen molar-refractivity contribution >= 4 is 15.7 Å².